The Labute approximate surface area is 157 Å². The number of rotatable bonds is 6. The third-order valence-electron chi connectivity index (χ3n) is 4.45. The Morgan fingerprint density at radius 1 is 1.11 bits per heavy atom. The minimum absolute atomic E-state index is 0.124. The zero-order valence-electron chi connectivity index (χ0n) is 15.5. The van der Waals surface area contributed by atoms with Gasteiger partial charge >= 0.3 is 12.0 Å². The van der Waals surface area contributed by atoms with Gasteiger partial charge in [0.05, 0.1) is 25.3 Å². The van der Waals surface area contributed by atoms with Crippen LogP contribution >= 0.6 is 0 Å². The number of hydrogen-bond acceptors (Lipinski definition) is 5. The summed E-state index contributed by atoms with van der Waals surface area (Å²) in [7, 11) is 3.09. The van der Waals surface area contributed by atoms with Gasteiger partial charge in [-0.3, -0.25) is 0 Å². The van der Waals surface area contributed by atoms with Crippen LogP contribution in [0.15, 0.2) is 47.7 Å². The molecule has 0 spiro atoms. The van der Waals surface area contributed by atoms with Gasteiger partial charge in [0.25, 0.3) is 0 Å². The van der Waals surface area contributed by atoms with Gasteiger partial charge in [0, 0.05) is 18.4 Å². The predicted octanol–water partition coefficient (Wildman–Crippen LogP) is 2.67. The first-order valence-electron chi connectivity index (χ1n) is 8.56. The van der Waals surface area contributed by atoms with Crippen LogP contribution in [-0.2, 0) is 14.3 Å². The van der Waals surface area contributed by atoms with Crippen LogP contribution in [0.3, 0.4) is 0 Å². The Morgan fingerprint density at radius 2 is 1.89 bits per heavy atom. The van der Waals surface area contributed by atoms with E-state index in [2.05, 4.69) is 10.6 Å². The minimum Gasteiger partial charge on any atom is -0.496 e. The molecule has 7 nitrogen and oxygen atoms in total. The normalized spacial score (nSPS) is 16.7. The number of methoxy groups -OCH3 is 2. The van der Waals surface area contributed by atoms with E-state index in [1.807, 2.05) is 36.4 Å². The van der Waals surface area contributed by atoms with Crippen molar-refractivity contribution in [3.05, 3.63) is 53.2 Å². The molecular weight excluding hydrogens is 348 g/mol. The number of carbonyl (C=O) groups is 2. The van der Waals surface area contributed by atoms with Gasteiger partial charge in [-0.1, -0.05) is 30.3 Å². The summed E-state index contributed by atoms with van der Waals surface area (Å²) >= 11 is 0. The van der Waals surface area contributed by atoms with Crippen LogP contribution in [0.1, 0.15) is 18.5 Å². The van der Waals surface area contributed by atoms with E-state index < -0.39 is 12.0 Å². The fourth-order valence-electron chi connectivity index (χ4n) is 3.23. The second-order valence-corrected chi connectivity index (χ2v) is 6.10. The first-order chi connectivity index (χ1) is 13.1. The Bertz CT molecular complexity index is 906. The fraction of sp³-hybridized carbons (Fsp3) is 0.300. The van der Waals surface area contributed by atoms with E-state index in [-0.39, 0.29) is 12.6 Å². The lowest BCUT2D eigenvalue weighted by molar-refractivity contribution is -0.140. The number of hydrogen-bond donors (Lipinski definition) is 2. The number of nitrogens with one attached hydrogen (secondary N) is 2. The largest absolute Gasteiger partial charge is 0.496 e. The summed E-state index contributed by atoms with van der Waals surface area (Å²) in [4.78, 5) is 24.9. The molecular formula is C20H22N2O5. The van der Waals surface area contributed by atoms with Gasteiger partial charge in [-0.25, -0.2) is 9.59 Å². The summed E-state index contributed by atoms with van der Waals surface area (Å²) in [5, 5.41) is 7.34. The summed E-state index contributed by atoms with van der Waals surface area (Å²) in [6, 6.07) is 10.4. The molecule has 0 saturated carbocycles. The average Bonchev–Trinajstić information content (AvgIpc) is 2.66. The number of benzene rings is 2. The van der Waals surface area contributed by atoms with Crippen molar-refractivity contribution in [3.63, 3.8) is 0 Å². The maximum absolute atomic E-state index is 12.7. The van der Waals surface area contributed by atoms with E-state index in [9.17, 15) is 9.59 Å². The summed E-state index contributed by atoms with van der Waals surface area (Å²) in [5.41, 5.74) is 1.49. The highest BCUT2D eigenvalue weighted by Crippen LogP contribution is 2.38. The molecule has 0 saturated heterocycles. The molecule has 0 radical (unpaired) electrons. The molecule has 0 fully saturated rings. The maximum Gasteiger partial charge on any atom is 0.338 e. The monoisotopic (exact) mass is 370 g/mol. The number of amides is 2. The lowest BCUT2D eigenvalue weighted by Gasteiger charge is -2.30. The SMILES string of the molecule is COCCOC(=O)C1=C(C)NC(=O)N[C@H]1c1c(OC)ccc2ccccc12. The van der Waals surface area contributed by atoms with E-state index in [1.54, 1.807) is 14.0 Å². The number of urea groups is 1. The molecule has 2 aromatic rings. The molecule has 1 aliphatic heterocycles. The van der Waals surface area contributed by atoms with Gasteiger partial charge < -0.3 is 24.8 Å². The van der Waals surface area contributed by atoms with Gasteiger partial charge in [-0.2, -0.15) is 0 Å². The van der Waals surface area contributed by atoms with Gasteiger partial charge in [-0.15, -0.1) is 0 Å². The first kappa shape index (κ1) is 18.7. The van der Waals surface area contributed by atoms with E-state index >= 15 is 0 Å². The Balaban J connectivity index is 2.13. The maximum atomic E-state index is 12.7. The molecule has 0 aromatic heterocycles. The highest BCUT2D eigenvalue weighted by molar-refractivity contribution is 5.98. The third kappa shape index (κ3) is 3.73. The summed E-state index contributed by atoms with van der Waals surface area (Å²) in [5.74, 6) is 0.0629. The lowest BCUT2D eigenvalue weighted by atomic mass is 9.90. The van der Waals surface area contributed by atoms with Crippen molar-refractivity contribution in [2.24, 2.45) is 0 Å². The Hall–Kier alpha value is -3.06. The second-order valence-electron chi connectivity index (χ2n) is 6.10. The van der Waals surface area contributed by atoms with Gasteiger partial charge in [-0.05, 0) is 23.8 Å². The van der Waals surface area contributed by atoms with Gasteiger partial charge in [0.2, 0.25) is 0 Å². The third-order valence-corrected chi connectivity index (χ3v) is 4.45. The van der Waals surface area contributed by atoms with Gasteiger partial charge in [0.1, 0.15) is 12.4 Å². The zero-order chi connectivity index (χ0) is 19.4. The summed E-state index contributed by atoms with van der Waals surface area (Å²) < 4.78 is 15.8. The van der Waals surface area contributed by atoms with E-state index in [0.29, 0.717) is 29.2 Å². The molecule has 2 amide bonds. The quantitative estimate of drug-likeness (QED) is 0.603. The zero-order valence-corrected chi connectivity index (χ0v) is 15.5. The van der Waals surface area contributed by atoms with Crippen molar-refractivity contribution in [1.29, 1.82) is 0 Å². The molecule has 1 atom stereocenters. The van der Waals surface area contributed by atoms with Crippen molar-refractivity contribution < 1.29 is 23.8 Å². The van der Waals surface area contributed by atoms with Crippen molar-refractivity contribution >= 4 is 22.8 Å². The Kier molecular flexibility index (Phi) is 5.61. The molecule has 2 N–H and O–H groups in total. The molecule has 1 aliphatic rings. The number of esters is 1. The molecule has 7 heteroatoms. The van der Waals surface area contributed by atoms with Crippen LogP contribution in [0, 0.1) is 0 Å². The minimum atomic E-state index is -0.699. The van der Waals surface area contributed by atoms with Crippen LogP contribution in [-0.4, -0.2) is 39.4 Å². The van der Waals surface area contributed by atoms with Gasteiger partial charge in [0.15, 0.2) is 0 Å². The first-order valence-corrected chi connectivity index (χ1v) is 8.56. The number of ether oxygens (including phenoxy) is 3. The fourth-order valence-corrected chi connectivity index (χ4v) is 3.23. The molecule has 0 aliphatic carbocycles. The van der Waals surface area contributed by atoms with Crippen LogP contribution in [0.4, 0.5) is 4.79 Å². The lowest BCUT2D eigenvalue weighted by Crippen LogP contribution is -2.45. The van der Waals surface area contributed by atoms with Crippen molar-refractivity contribution in [3.8, 4) is 5.75 Å². The van der Waals surface area contributed by atoms with Crippen LogP contribution in [0.25, 0.3) is 10.8 Å². The summed E-state index contributed by atoms with van der Waals surface area (Å²) in [6.07, 6.45) is 0. The number of allylic oxidation sites excluding steroid dienone is 1. The molecule has 2 aromatic carbocycles. The molecule has 3 rings (SSSR count). The highest BCUT2D eigenvalue weighted by Gasteiger charge is 2.35. The van der Waals surface area contributed by atoms with Crippen molar-refractivity contribution in [2.45, 2.75) is 13.0 Å². The van der Waals surface area contributed by atoms with Crippen molar-refractivity contribution in [2.75, 3.05) is 27.4 Å². The number of carbonyl (C=O) groups excluding carboxylic acids is 2. The highest BCUT2D eigenvalue weighted by atomic mass is 16.6. The Morgan fingerprint density at radius 3 is 2.63 bits per heavy atom. The molecule has 27 heavy (non-hydrogen) atoms. The molecule has 142 valence electrons. The van der Waals surface area contributed by atoms with Crippen LogP contribution in [0.5, 0.6) is 5.75 Å². The summed E-state index contributed by atoms with van der Waals surface area (Å²) in [6.45, 7) is 2.09. The predicted molar refractivity (Wildman–Crippen MR) is 100 cm³/mol. The topological polar surface area (TPSA) is 85.9 Å². The van der Waals surface area contributed by atoms with E-state index in [1.165, 1.54) is 7.11 Å². The molecule has 0 bridgehead atoms. The number of fused-ring (bicyclic) bond motifs is 1. The van der Waals surface area contributed by atoms with E-state index in [4.69, 9.17) is 14.2 Å². The molecule has 0 unspecified atom stereocenters. The standard InChI is InChI=1S/C20H22N2O5/c1-12-16(19(23)27-11-10-25-2)18(22-20(24)21-12)17-14-7-5-4-6-13(14)8-9-15(17)26-3/h4-9,18H,10-11H2,1-3H3,(H2,21,22,24)/t18-/m1/s1. The van der Waals surface area contributed by atoms with Crippen LogP contribution in [0.2, 0.25) is 0 Å². The van der Waals surface area contributed by atoms with Crippen molar-refractivity contribution in [1.82, 2.24) is 10.6 Å². The smallest absolute Gasteiger partial charge is 0.338 e. The second kappa shape index (κ2) is 8.09. The van der Waals surface area contributed by atoms with E-state index in [0.717, 1.165) is 10.8 Å². The van der Waals surface area contributed by atoms with Crippen LogP contribution < -0.4 is 15.4 Å². The molecule has 1 heterocycles. The average molecular weight is 370 g/mol.